The molecule has 2 atom stereocenters. The highest BCUT2D eigenvalue weighted by atomic mass is 16.5. The molecule has 4 heteroatoms. The van der Waals surface area contributed by atoms with Crippen molar-refractivity contribution < 1.29 is 14.6 Å². The van der Waals surface area contributed by atoms with E-state index in [1.807, 2.05) is 24.5 Å². The molecule has 2 rings (SSSR count). The van der Waals surface area contributed by atoms with Gasteiger partial charge in [0.2, 0.25) is 0 Å². The van der Waals surface area contributed by atoms with Crippen molar-refractivity contribution in [2.24, 2.45) is 0 Å². The number of hydrogen-bond donors (Lipinski definition) is 1. The second-order valence-electron chi connectivity index (χ2n) is 3.99. The number of hydrogen-bond acceptors (Lipinski definition) is 3. The van der Waals surface area contributed by atoms with E-state index >= 15 is 0 Å². The Balaban J connectivity index is 2.42. The Bertz CT molecular complexity index is 383. The van der Waals surface area contributed by atoms with E-state index in [4.69, 9.17) is 4.74 Å². The van der Waals surface area contributed by atoms with E-state index in [0.717, 1.165) is 17.7 Å². The van der Waals surface area contributed by atoms with Crippen molar-refractivity contribution >= 4 is 6.29 Å². The summed E-state index contributed by atoms with van der Waals surface area (Å²) >= 11 is 0. The van der Waals surface area contributed by atoms with Crippen LogP contribution in [0.4, 0.5) is 0 Å². The van der Waals surface area contributed by atoms with Gasteiger partial charge in [-0.3, -0.25) is 4.79 Å². The molecule has 0 radical (unpaired) electrons. The van der Waals surface area contributed by atoms with Gasteiger partial charge >= 0.3 is 0 Å². The number of rotatable bonds is 2. The highest BCUT2D eigenvalue weighted by Gasteiger charge is 2.29. The molecule has 0 unspecified atom stereocenters. The van der Waals surface area contributed by atoms with Gasteiger partial charge in [-0.15, -0.1) is 0 Å². The SMILES string of the molecule is Cc1cc(C=O)c(C)n1[C@@H]1COC[C@H]1O. The number of ether oxygens (including phenoxy) is 1. The average molecular weight is 209 g/mol. The highest BCUT2D eigenvalue weighted by Crippen LogP contribution is 2.25. The van der Waals surface area contributed by atoms with E-state index < -0.39 is 6.10 Å². The van der Waals surface area contributed by atoms with Gasteiger partial charge in [0.1, 0.15) is 6.10 Å². The van der Waals surface area contributed by atoms with Gasteiger partial charge in [0.25, 0.3) is 0 Å². The summed E-state index contributed by atoms with van der Waals surface area (Å²) in [6.07, 6.45) is 0.371. The van der Waals surface area contributed by atoms with Crippen LogP contribution in [0, 0.1) is 13.8 Å². The number of carbonyl (C=O) groups excluding carboxylic acids is 1. The summed E-state index contributed by atoms with van der Waals surface area (Å²) in [6, 6.07) is 1.78. The molecule has 0 saturated carbocycles. The third kappa shape index (κ3) is 1.60. The molecule has 1 aliphatic rings. The summed E-state index contributed by atoms with van der Waals surface area (Å²) in [5.41, 5.74) is 2.58. The van der Waals surface area contributed by atoms with E-state index in [-0.39, 0.29) is 6.04 Å². The maximum Gasteiger partial charge on any atom is 0.151 e. The zero-order valence-electron chi connectivity index (χ0n) is 8.93. The van der Waals surface area contributed by atoms with Crippen LogP contribution in [0.1, 0.15) is 27.8 Å². The fraction of sp³-hybridized carbons (Fsp3) is 0.545. The molecule has 0 spiro atoms. The van der Waals surface area contributed by atoms with Crippen LogP contribution in [0.15, 0.2) is 6.07 Å². The van der Waals surface area contributed by atoms with Gasteiger partial charge in [0.15, 0.2) is 6.29 Å². The summed E-state index contributed by atoms with van der Waals surface area (Å²) in [4.78, 5) is 10.8. The molecular formula is C11H15NO3. The van der Waals surface area contributed by atoms with Crippen molar-refractivity contribution in [1.82, 2.24) is 4.57 Å². The third-order valence-electron chi connectivity index (χ3n) is 3.00. The molecule has 1 N–H and O–H groups in total. The number of aromatic nitrogens is 1. The summed E-state index contributed by atoms with van der Waals surface area (Å²) < 4.78 is 7.20. The molecule has 0 amide bonds. The Morgan fingerprint density at radius 3 is 2.73 bits per heavy atom. The predicted molar refractivity (Wildman–Crippen MR) is 55.2 cm³/mol. The molecule has 1 aromatic rings. The Kier molecular flexibility index (Phi) is 2.63. The Hall–Kier alpha value is -1.13. The van der Waals surface area contributed by atoms with E-state index in [0.29, 0.717) is 18.8 Å². The van der Waals surface area contributed by atoms with Gasteiger partial charge in [-0.25, -0.2) is 0 Å². The van der Waals surface area contributed by atoms with Gasteiger partial charge in [-0.2, -0.15) is 0 Å². The summed E-state index contributed by atoms with van der Waals surface area (Å²) in [6.45, 7) is 4.71. The van der Waals surface area contributed by atoms with Crippen molar-refractivity contribution in [3.63, 3.8) is 0 Å². The van der Waals surface area contributed by atoms with Crippen LogP contribution in [0.25, 0.3) is 0 Å². The molecule has 0 aliphatic carbocycles. The van der Waals surface area contributed by atoms with Gasteiger partial charge < -0.3 is 14.4 Å². The number of aliphatic hydroxyl groups is 1. The van der Waals surface area contributed by atoms with E-state index in [1.54, 1.807) is 0 Å². The quantitative estimate of drug-likeness (QED) is 0.735. The van der Waals surface area contributed by atoms with Crippen LogP contribution in [0.3, 0.4) is 0 Å². The van der Waals surface area contributed by atoms with Gasteiger partial charge in [0, 0.05) is 17.0 Å². The first-order chi connectivity index (χ1) is 7.15. The first-order valence-corrected chi connectivity index (χ1v) is 5.04. The predicted octanol–water partition coefficient (Wildman–Crippen LogP) is 0.850. The van der Waals surface area contributed by atoms with Crippen LogP contribution < -0.4 is 0 Å². The number of nitrogens with zero attached hydrogens (tertiary/aromatic N) is 1. The first-order valence-electron chi connectivity index (χ1n) is 5.04. The van der Waals surface area contributed by atoms with Gasteiger partial charge in [0.05, 0.1) is 19.3 Å². The monoisotopic (exact) mass is 209 g/mol. The molecule has 1 aromatic heterocycles. The second-order valence-corrected chi connectivity index (χ2v) is 3.99. The third-order valence-corrected chi connectivity index (χ3v) is 3.00. The van der Waals surface area contributed by atoms with Gasteiger partial charge in [-0.05, 0) is 19.9 Å². The van der Waals surface area contributed by atoms with Crippen molar-refractivity contribution in [3.05, 3.63) is 23.0 Å². The normalized spacial score (nSPS) is 25.8. The smallest absolute Gasteiger partial charge is 0.151 e. The van der Waals surface area contributed by atoms with Crippen LogP contribution in [-0.2, 0) is 4.74 Å². The zero-order chi connectivity index (χ0) is 11.0. The lowest BCUT2D eigenvalue weighted by molar-refractivity contribution is 0.112. The highest BCUT2D eigenvalue weighted by molar-refractivity contribution is 5.77. The van der Waals surface area contributed by atoms with E-state index in [2.05, 4.69) is 0 Å². The topological polar surface area (TPSA) is 51.5 Å². The molecule has 0 aromatic carbocycles. The molecule has 0 bridgehead atoms. The van der Waals surface area contributed by atoms with E-state index in [1.165, 1.54) is 0 Å². The maximum atomic E-state index is 10.8. The van der Waals surface area contributed by atoms with Crippen molar-refractivity contribution in [2.45, 2.75) is 26.0 Å². The molecule has 82 valence electrons. The fourth-order valence-electron chi connectivity index (χ4n) is 2.21. The molecule has 4 nitrogen and oxygen atoms in total. The van der Waals surface area contributed by atoms with Gasteiger partial charge in [-0.1, -0.05) is 0 Å². The lowest BCUT2D eigenvalue weighted by Crippen LogP contribution is -2.23. The summed E-state index contributed by atoms with van der Waals surface area (Å²) in [7, 11) is 0. The molecule has 1 aliphatic heterocycles. The van der Waals surface area contributed by atoms with Crippen molar-refractivity contribution in [3.8, 4) is 0 Å². The maximum absolute atomic E-state index is 10.8. The first kappa shape index (κ1) is 10.4. The molecule has 1 fully saturated rings. The standard InChI is InChI=1S/C11H15NO3/c1-7-3-9(4-13)8(2)12(7)10-5-15-6-11(10)14/h3-4,10-11,14H,5-6H2,1-2H3/t10-,11-/m1/s1. The Morgan fingerprint density at radius 1 is 1.53 bits per heavy atom. The molecule has 1 saturated heterocycles. The number of aliphatic hydroxyl groups excluding tert-OH is 1. The minimum atomic E-state index is -0.477. The number of aryl methyl sites for hydroxylation is 1. The minimum absolute atomic E-state index is 0.0568. The van der Waals surface area contributed by atoms with Crippen LogP contribution in [0.5, 0.6) is 0 Å². The zero-order valence-corrected chi connectivity index (χ0v) is 8.93. The lowest BCUT2D eigenvalue weighted by Gasteiger charge is -2.19. The van der Waals surface area contributed by atoms with Crippen molar-refractivity contribution in [2.75, 3.05) is 13.2 Å². The fourth-order valence-corrected chi connectivity index (χ4v) is 2.21. The molecule has 15 heavy (non-hydrogen) atoms. The number of aldehydes is 1. The van der Waals surface area contributed by atoms with Crippen LogP contribution in [0.2, 0.25) is 0 Å². The van der Waals surface area contributed by atoms with Crippen LogP contribution >= 0.6 is 0 Å². The average Bonchev–Trinajstić information content (AvgIpc) is 2.71. The Morgan fingerprint density at radius 2 is 2.27 bits per heavy atom. The lowest BCUT2D eigenvalue weighted by atomic mass is 10.2. The summed E-state index contributed by atoms with van der Waals surface area (Å²) in [5.74, 6) is 0. The second kappa shape index (κ2) is 3.79. The van der Waals surface area contributed by atoms with E-state index in [9.17, 15) is 9.90 Å². The summed E-state index contributed by atoms with van der Waals surface area (Å²) in [5, 5.41) is 9.74. The van der Waals surface area contributed by atoms with Crippen molar-refractivity contribution in [1.29, 1.82) is 0 Å². The molecule has 2 heterocycles. The minimum Gasteiger partial charge on any atom is -0.388 e. The Labute approximate surface area is 88.5 Å². The van der Waals surface area contributed by atoms with Crippen LogP contribution in [-0.4, -0.2) is 35.3 Å². The largest absolute Gasteiger partial charge is 0.388 e. The number of carbonyl (C=O) groups is 1. The molecular weight excluding hydrogens is 194 g/mol.